The van der Waals surface area contributed by atoms with E-state index in [9.17, 15) is 19.3 Å². The van der Waals surface area contributed by atoms with Crippen molar-refractivity contribution in [1.29, 1.82) is 0 Å². The van der Waals surface area contributed by atoms with Crippen LogP contribution in [0, 0.1) is 4.91 Å². The van der Waals surface area contributed by atoms with E-state index in [1.165, 1.54) is 24.4 Å². The molecule has 12 nitrogen and oxygen atoms in total. The molecule has 0 aliphatic carbocycles. The number of nitrogens with zero attached hydrogens (tertiary/aromatic N) is 4. The largest absolute Gasteiger partial charge is 0.365 e. The molecule has 4 amide bonds. The van der Waals surface area contributed by atoms with Gasteiger partial charge in [0.15, 0.2) is 6.61 Å². The second-order valence-electron chi connectivity index (χ2n) is 6.88. The summed E-state index contributed by atoms with van der Waals surface area (Å²) in [6.07, 6.45) is 1.41. The quantitative estimate of drug-likeness (QED) is 0.531. The molecular formula is C19H24N7O5S+. The SMILES string of the molecule is CCO[N+](=O)NC(=O)c1ccsc1NC(=O)c1ccnc(NC(=O)N2CCN(C)CC2)c1. The number of aromatic nitrogens is 1. The van der Waals surface area contributed by atoms with Crippen molar-refractivity contribution >= 4 is 40.0 Å². The van der Waals surface area contributed by atoms with Crippen molar-refractivity contribution in [2.45, 2.75) is 6.92 Å². The Kier molecular flexibility index (Phi) is 7.68. The number of thiophene rings is 1. The predicted octanol–water partition coefficient (Wildman–Crippen LogP) is 1.55. The Morgan fingerprint density at radius 2 is 1.91 bits per heavy atom. The number of hydrogen-bond acceptors (Lipinski definition) is 8. The van der Waals surface area contributed by atoms with Gasteiger partial charge in [0.1, 0.15) is 15.7 Å². The zero-order valence-corrected chi connectivity index (χ0v) is 18.5. The average Bonchev–Trinajstić information content (AvgIpc) is 3.22. The van der Waals surface area contributed by atoms with Gasteiger partial charge in [-0.05, 0) is 43.0 Å². The third kappa shape index (κ3) is 5.98. The number of pyridine rings is 1. The minimum atomic E-state index is -0.722. The highest BCUT2D eigenvalue weighted by Gasteiger charge is 2.23. The number of rotatable bonds is 7. The van der Waals surface area contributed by atoms with E-state index in [1.807, 2.05) is 12.5 Å². The minimum absolute atomic E-state index is 0.0379. The van der Waals surface area contributed by atoms with Gasteiger partial charge in [0.2, 0.25) is 0 Å². The van der Waals surface area contributed by atoms with Crippen molar-refractivity contribution in [2.75, 3.05) is 50.5 Å². The van der Waals surface area contributed by atoms with Gasteiger partial charge in [0.25, 0.3) is 5.91 Å². The van der Waals surface area contributed by atoms with Crippen LogP contribution >= 0.6 is 11.3 Å². The molecule has 3 N–H and O–H groups in total. The Labute approximate surface area is 188 Å². The maximum atomic E-state index is 12.7. The molecule has 13 heteroatoms. The molecule has 0 saturated carbocycles. The predicted molar refractivity (Wildman–Crippen MR) is 117 cm³/mol. The summed E-state index contributed by atoms with van der Waals surface area (Å²) in [5.41, 5.74) is 2.36. The third-order valence-electron chi connectivity index (χ3n) is 4.62. The van der Waals surface area contributed by atoms with Gasteiger partial charge in [0.05, 0.1) is 5.56 Å². The number of nitrogens with one attached hydrogen (secondary N) is 3. The summed E-state index contributed by atoms with van der Waals surface area (Å²) in [6, 6.07) is 4.13. The van der Waals surface area contributed by atoms with E-state index in [0.29, 0.717) is 13.1 Å². The smallest absolute Gasteiger partial charge is 0.322 e. The number of hydrogen-bond donors (Lipinski definition) is 3. The van der Waals surface area contributed by atoms with E-state index >= 15 is 0 Å². The van der Waals surface area contributed by atoms with E-state index in [1.54, 1.807) is 17.2 Å². The molecule has 1 aliphatic rings. The highest BCUT2D eigenvalue weighted by molar-refractivity contribution is 7.14. The number of piperazine rings is 1. The normalized spacial score (nSPS) is 13.9. The molecule has 0 bridgehead atoms. The van der Waals surface area contributed by atoms with Crippen LogP contribution in [0.25, 0.3) is 0 Å². The molecule has 0 aromatic carbocycles. The monoisotopic (exact) mass is 462 g/mol. The first-order valence-corrected chi connectivity index (χ1v) is 10.8. The molecule has 1 aliphatic heterocycles. The maximum absolute atomic E-state index is 12.7. The molecule has 3 heterocycles. The summed E-state index contributed by atoms with van der Waals surface area (Å²) >= 11 is 1.12. The number of urea groups is 1. The van der Waals surface area contributed by atoms with E-state index in [0.717, 1.165) is 24.4 Å². The Morgan fingerprint density at radius 3 is 2.62 bits per heavy atom. The van der Waals surface area contributed by atoms with Crippen LogP contribution in [-0.4, -0.2) is 77.5 Å². The van der Waals surface area contributed by atoms with Crippen molar-refractivity contribution in [2.24, 2.45) is 0 Å². The number of carbonyl (C=O) groups excluding carboxylic acids is 3. The molecule has 2 aromatic rings. The van der Waals surface area contributed by atoms with Crippen LogP contribution in [0.4, 0.5) is 15.6 Å². The van der Waals surface area contributed by atoms with Gasteiger partial charge in [0, 0.05) is 37.9 Å². The Hall–Kier alpha value is -3.58. The molecular weight excluding hydrogens is 438 g/mol. The van der Waals surface area contributed by atoms with Gasteiger partial charge in [-0.25, -0.2) is 14.6 Å². The summed E-state index contributed by atoms with van der Waals surface area (Å²) in [5.74, 6) is -0.980. The Morgan fingerprint density at radius 1 is 1.16 bits per heavy atom. The second kappa shape index (κ2) is 10.6. The van der Waals surface area contributed by atoms with Crippen LogP contribution in [0.2, 0.25) is 0 Å². The molecule has 0 spiro atoms. The molecule has 170 valence electrons. The van der Waals surface area contributed by atoms with Crippen LogP contribution in [0.3, 0.4) is 0 Å². The molecule has 32 heavy (non-hydrogen) atoms. The fourth-order valence-corrected chi connectivity index (χ4v) is 3.67. The molecule has 0 atom stereocenters. The lowest BCUT2D eigenvalue weighted by Crippen LogP contribution is -2.48. The number of amides is 4. The summed E-state index contributed by atoms with van der Waals surface area (Å²) in [4.78, 5) is 61.3. The van der Waals surface area contributed by atoms with Crippen LogP contribution < -0.4 is 16.1 Å². The van der Waals surface area contributed by atoms with Crippen LogP contribution in [0.1, 0.15) is 27.6 Å². The first-order chi connectivity index (χ1) is 15.4. The molecule has 2 aromatic heterocycles. The zero-order valence-electron chi connectivity index (χ0n) is 17.7. The summed E-state index contributed by atoms with van der Waals surface area (Å²) in [7, 11) is 2.00. The number of hydrazine groups is 1. The van der Waals surface area contributed by atoms with Crippen molar-refractivity contribution in [3.05, 3.63) is 45.8 Å². The Balaban J connectivity index is 1.63. The third-order valence-corrected chi connectivity index (χ3v) is 5.45. The van der Waals surface area contributed by atoms with E-state index < -0.39 is 11.8 Å². The van der Waals surface area contributed by atoms with Crippen molar-refractivity contribution < 1.29 is 24.3 Å². The molecule has 0 unspecified atom stereocenters. The van der Waals surface area contributed by atoms with Gasteiger partial charge >= 0.3 is 17.0 Å². The van der Waals surface area contributed by atoms with E-state index in [-0.39, 0.29) is 39.6 Å². The molecule has 1 saturated heterocycles. The zero-order chi connectivity index (χ0) is 23.1. The van der Waals surface area contributed by atoms with Gasteiger partial charge < -0.3 is 15.1 Å². The van der Waals surface area contributed by atoms with Crippen molar-refractivity contribution in [3.63, 3.8) is 0 Å². The first-order valence-electron chi connectivity index (χ1n) is 9.88. The van der Waals surface area contributed by atoms with Gasteiger partial charge in [-0.1, -0.05) is 0 Å². The lowest BCUT2D eigenvalue weighted by Gasteiger charge is -2.32. The number of anilines is 2. The molecule has 1 fully saturated rings. The topological polar surface area (TPSA) is 136 Å². The summed E-state index contributed by atoms with van der Waals surface area (Å²) in [6.45, 7) is 4.48. The Bertz CT molecular complexity index is 1000. The highest BCUT2D eigenvalue weighted by Crippen LogP contribution is 2.24. The molecule has 3 rings (SSSR count). The van der Waals surface area contributed by atoms with Crippen molar-refractivity contribution in [3.8, 4) is 0 Å². The number of likely N-dealkylation sites (N-methyl/N-ethyl adjacent to an activating group) is 1. The summed E-state index contributed by atoms with van der Waals surface area (Å²) < 4.78 is 0. The highest BCUT2D eigenvalue weighted by atomic mass is 32.1. The van der Waals surface area contributed by atoms with Crippen LogP contribution in [0.5, 0.6) is 0 Å². The lowest BCUT2D eigenvalue weighted by molar-refractivity contribution is -0.833. The van der Waals surface area contributed by atoms with E-state index in [4.69, 9.17) is 0 Å². The molecule has 0 radical (unpaired) electrons. The fraction of sp³-hybridized carbons (Fsp3) is 0.368. The van der Waals surface area contributed by atoms with Gasteiger partial charge in [-0.2, -0.15) is 0 Å². The summed E-state index contributed by atoms with van der Waals surface area (Å²) in [5, 5.41) is 7.18. The van der Waals surface area contributed by atoms with Crippen LogP contribution in [0.15, 0.2) is 29.8 Å². The van der Waals surface area contributed by atoms with Gasteiger partial charge in [-0.15, -0.1) is 11.3 Å². The van der Waals surface area contributed by atoms with E-state index in [2.05, 4.69) is 25.4 Å². The average molecular weight is 463 g/mol. The minimum Gasteiger partial charge on any atom is -0.322 e. The first kappa shape index (κ1) is 23.1. The van der Waals surface area contributed by atoms with Crippen LogP contribution in [-0.2, 0) is 4.84 Å². The van der Waals surface area contributed by atoms with Crippen molar-refractivity contribution in [1.82, 2.24) is 20.2 Å². The standard InChI is InChI=1S/C19H23N7O5S/c1-3-31-26(30)23-17(28)14-5-11-32-18(14)22-16(27)13-4-6-20-15(12-13)21-19(29)25-9-7-24(2)8-10-25/h4-6,11-12H,3,7-10H2,1-2H3,(H2-,20,21,22,23,27,28,29,30)/p+1. The second-order valence-corrected chi connectivity index (χ2v) is 7.80. The fourth-order valence-electron chi connectivity index (χ4n) is 2.89. The van der Waals surface area contributed by atoms with Gasteiger partial charge in [-0.3, -0.25) is 14.9 Å². The lowest BCUT2D eigenvalue weighted by atomic mass is 10.2. The maximum Gasteiger partial charge on any atom is 0.365 e. The number of carbonyl (C=O) groups is 3.